The van der Waals surface area contributed by atoms with E-state index in [1.165, 1.54) is 6.07 Å². The summed E-state index contributed by atoms with van der Waals surface area (Å²) in [7, 11) is 0. The number of amides is 1. The van der Waals surface area contributed by atoms with Gasteiger partial charge >= 0.3 is 0 Å². The average Bonchev–Trinajstić information content (AvgIpc) is 3.21. The monoisotopic (exact) mass is 579 g/mol. The van der Waals surface area contributed by atoms with Crippen LogP contribution in [-0.2, 0) is 0 Å². The largest absolute Gasteiger partial charge is 0.338 e. The molecule has 4 rings (SSSR count). The van der Waals surface area contributed by atoms with Gasteiger partial charge in [0.2, 0.25) is 5.82 Å². The van der Waals surface area contributed by atoms with Crippen LogP contribution in [0.5, 0.6) is 0 Å². The third-order valence-corrected chi connectivity index (χ3v) is 5.34. The molecule has 7 nitrogen and oxygen atoms in total. The van der Waals surface area contributed by atoms with Crippen molar-refractivity contribution in [3.05, 3.63) is 82.2 Å². The van der Waals surface area contributed by atoms with Crippen molar-refractivity contribution in [1.82, 2.24) is 10.3 Å². The maximum Gasteiger partial charge on any atom is 0.257 e. The third kappa shape index (κ3) is 4.19. The number of hydrogen-bond donors (Lipinski definition) is 2. The minimum Gasteiger partial charge on any atom is -0.338 e. The summed E-state index contributed by atoms with van der Waals surface area (Å²) in [4.78, 5) is 12.9. The lowest BCUT2D eigenvalue weighted by Crippen LogP contribution is -2.19. The van der Waals surface area contributed by atoms with Gasteiger partial charge in [0.05, 0.1) is 27.3 Å². The fraction of sp³-hybridized carbons (Fsp3) is 0. The molecular weight excluding hydrogens is 568 g/mol. The first kappa shape index (κ1) is 20.4. The maximum absolute atomic E-state index is 13.5. The van der Waals surface area contributed by atoms with E-state index in [1.54, 1.807) is 41.1 Å². The SMILES string of the molecule is O=C(Nc1nonc1C(=NI)Nc1ccc(F)c(Br)c1)c1cccc2ccccc12. The van der Waals surface area contributed by atoms with Gasteiger partial charge in [-0.15, -0.1) is 0 Å². The molecule has 0 saturated heterocycles. The maximum atomic E-state index is 13.5. The van der Waals surface area contributed by atoms with Crippen LogP contribution in [0.3, 0.4) is 0 Å². The number of nitrogens with zero attached hydrogens (tertiary/aromatic N) is 3. The lowest BCUT2D eigenvalue weighted by Gasteiger charge is -2.09. The second kappa shape index (κ2) is 8.88. The quantitative estimate of drug-likeness (QED) is 0.187. The third-order valence-electron chi connectivity index (χ3n) is 4.25. The Balaban J connectivity index is 1.60. The highest BCUT2D eigenvalue weighted by atomic mass is 127. The van der Waals surface area contributed by atoms with Crippen LogP contribution in [0, 0.1) is 5.82 Å². The molecule has 0 bridgehead atoms. The van der Waals surface area contributed by atoms with Crippen LogP contribution in [0.15, 0.2) is 73.0 Å². The summed E-state index contributed by atoms with van der Waals surface area (Å²) < 4.78 is 22.7. The number of nitrogens with one attached hydrogen (secondary N) is 2. The Morgan fingerprint density at radius 1 is 1.07 bits per heavy atom. The molecule has 1 heterocycles. The van der Waals surface area contributed by atoms with Gasteiger partial charge in [0.1, 0.15) is 5.82 Å². The van der Waals surface area contributed by atoms with Crippen LogP contribution in [0.25, 0.3) is 10.8 Å². The first-order valence-corrected chi connectivity index (χ1v) is 10.4. The smallest absolute Gasteiger partial charge is 0.257 e. The number of carbonyl (C=O) groups excluding carboxylic acids is 1. The van der Waals surface area contributed by atoms with Gasteiger partial charge in [0.25, 0.3) is 5.91 Å². The summed E-state index contributed by atoms with van der Waals surface area (Å²) in [6, 6.07) is 17.5. The number of carbonyl (C=O) groups is 1. The summed E-state index contributed by atoms with van der Waals surface area (Å²) in [6.45, 7) is 0. The molecule has 30 heavy (non-hydrogen) atoms. The van der Waals surface area contributed by atoms with Gasteiger partial charge in [0.15, 0.2) is 11.5 Å². The van der Waals surface area contributed by atoms with Crippen molar-refractivity contribution in [2.24, 2.45) is 3.21 Å². The highest BCUT2D eigenvalue weighted by Gasteiger charge is 2.20. The number of amidine groups is 1. The number of hydrogen-bond acceptors (Lipinski definition) is 5. The summed E-state index contributed by atoms with van der Waals surface area (Å²) in [6.07, 6.45) is 0. The molecule has 4 aromatic rings. The lowest BCUT2D eigenvalue weighted by atomic mass is 10.0. The molecular formula is C20H12BrFIN5O2. The zero-order valence-corrected chi connectivity index (χ0v) is 18.8. The van der Waals surface area contributed by atoms with Crippen molar-refractivity contribution in [3.63, 3.8) is 0 Å². The lowest BCUT2D eigenvalue weighted by molar-refractivity contribution is 0.102. The minimum atomic E-state index is -0.389. The summed E-state index contributed by atoms with van der Waals surface area (Å²) in [5, 5.41) is 15.1. The molecule has 0 spiro atoms. The molecule has 1 aromatic heterocycles. The average molecular weight is 580 g/mol. The Bertz CT molecular complexity index is 1270. The Morgan fingerprint density at radius 3 is 2.67 bits per heavy atom. The Hall–Kier alpha value is -2.86. The van der Waals surface area contributed by atoms with E-state index in [1.807, 2.05) is 36.4 Å². The van der Waals surface area contributed by atoms with E-state index in [2.05, 4.69) is 40.1 Å². The number of rotatable bonds is 4. The molecule has 0 atom stereocenters. The number of aromatic nitrogens is 2. The highest BCUT2D eigenvalue weighted by Crippen LogP contribution is 2.23. The predicted molar refractivity (Wildman–Crippen MR) is 124 cm³/mol. The molecule has 3 aromatic carbocycles. The van der Waals surface area contributed by atoms with E-state index in [-0.39, 0.29) is 29.1 Å². The fourth-order valence-electron chi connectivity index (χ4n) is 2.86. The Morgan fingerprint density at radius 2 is 1.87 bits per heavy atom. The van der Waals surface area contributed by atoms with E-state index >= 15 is 0 Å². The van der Waals surface area contributed by atoms with Crippen LogP contribution in [0.2, 0.25) is 0 Å². The molecule has 1 amide bonds. The van der Waals surface area contributed by atoms with E-state index < -0.39 is 0 Å². The number of benzene rings is 3. The predicted octanol–water partition coefficient (Wildman–Crippen LogP) is 5.59. The van der Waals surface area contributed by atoms with E-state index in [0.29, 0.717) is 15.7 Å². The van der Waals surface area contributed by atoms with E-state index in [4.69, 9.17) is 4.63 Å². The van der Waals surface area contributed by atoms with Crippen LogP contribution in [0.4, 0.5) is 15.9 Å². The van der Waals surface area contributed by atoms with Gasteiger partial charge in [0, 0.05) is 11.3 Å². The topological polar surface area (TPSA) is 92.4 Å². The van der Waals surface area contributed by atoms with Crippen LogP contribution < -0.4 is 10.6 Å². The Labute approximate surface area is 192 Å². The molecule has 10 heteroatoms. The zero-order chi connectivity index (χ0) is 21.1. The van der Waals surface area contributed by atoms with Crippen LogP contribution in [-0.4, -0.2) is 22.1 Å². The Kier molecular flexibility index (Phi) is 6.04. The van der Waals surface area contributed by atoms with Crippen molar-refractivity contribution in [2.45, 2.75) is 0 Å². The standard InChI is InChI=1S/C20H12BrFIN5O2/c21-15-10-12(8-9-16(15)22)24-18(26-23)17-19(28-30-27-17)25-20(29)14-7-3-5-11-4-1-2-6-13(11)14/h1-10H,(H,24,26)(H,25,28,29). The number of anilines is 2. The molecule has 0 aliphatic heterocycles. The second-order valence-corrected chi connectivity index (χ2v) is 7.47. The molecule has 0 radical (unpaired) electrons. The first-order valence-electron chi connectivity index (χ1n) is 8.60. The molecule has 2 N–H and O–H groups in total. The molecule has 0 unspecified atom stereocenters. The second-order valence-electron chi connectivity index (χ2n) is 6.13. The van der Waals surface area contributed by atoms with Gasteiger partial charge < -0.3 is 10.6 Å². The van der Waals surface area contributed by atoms with Crippen molar-refractivity contribution in [2.75, 3.05) is 10.6 Å². The molecule has 0 aliphatic carbocycles. The van der Waals surface area contributed by atoms with Crippen molar-refractivity contribution >= 4 is 72.8 Å². The van der Waals surface area contributed by atoms with Gasteiger partial charge in [-0.2, -0.15) is 3.21 Å². The molecule has 0 saturated carbocycles. The van der Waals surface area contributed by atoms with Crippen LogP contribution >= 0.6 is 38.8 Å². The van der Waals surface area contributed by atoms with Crippen molar-refractivity contribution < 1.29 is 13.8 Å². The van der Waals surface area contributed by atoms with Gasteiger partial charge in [-0.25, -0.2) is 9.02 Å². The van der Waals surface area contributed by atoms with Gasteiger partial charge in [-0.3, -0.25) is 4.79 Å². The molecule has 0 fully saturated rings. The van der Waals surface area contributed by atoms with Crippen molar-refractivity contribution in [1.29, 1.82) is 0 Å². The summed E-state index contributed by atoms with van der Waals surface area (Å²) in [5.74, 6) is -0.360. The molecule has 0 aliphatic rings. The van der Waals surface area contributed by atoms with E-state index in [0.717, 1.165) is 10.8 Å². The van der Waals surface area contributed by atoms with Crippen LogP contribution in [0.1, 0.15) is 16.1 Å². The number of fused-ring (bicyclic) bond motifs is 1. The van der Waals surface area contributed by atoms with E-state index in [9.17, 15) is 9.18 Å². The molecule has 150 valence electrons. The summed E-state index contributed by atoms with van der Waals surface area (Å²) >= 11 is 4.92. The van der Waals surface area contributed by atoms with Crippen molar-refractivity contribution in [3.8, 4) is 0 Å². The minimum absolute atomic E-state index is 0.108. The zero-order valence-electron chi connectivity index (χ0n) is 15.1. The number of halogens is 3. The normalized spacial score (nSPS) is 11.5. The van der Waals surface area contributed by atoms with Gasteiger partial charge in [-0.05, 0) is 61.3 Å². The summed E-state index contributed by atoms with van der Waals surface area (Å²) in [5.41, 5.74) is 1.26. The highest BCUT2D eigenvalue weighted by molar-refractivity contribution is 14.1. The first-order chi connectivity index (χ1) is 14.6. The van der Waals surface area contributed by atoms with Gasteiger partial charge in [-0.1, -0.05) is 36.4 Å². The fourth-order valence-corrected chi connectivity index (χ4v) is 3.58.